The minimum absolute atomic E-state index is 0.00149. The summed E-state index contributed by atoms with van der Waals surface area (Å²) in [4.78, 5) is 23.6. The zero-order valence-corrected chi connectivity index (χ0v) is 16.2. The zero-order chi connectivity index (χ0) is 19.0. The topological polar surface area (TPSA) is 62.5 Å². The number of halogens is 1. The van der Waals surface area contributed by atoms with Crippen LogP contribution in [0.2, 0.25) is 5.15 Å². The first-order valence-electron chi connectivity index (χ1n) is 9.11. The number of nitrogens with one attached hydrogen (secondary N) is 1. The lowest BCUT2D eigenvalue weighted by atomic mass is 9.96. The number of rotatable bonds is 3. The quantitative estimate of drug-likeness (QED) is 0.750. The summed E-state index contributed by atoms with van der Waals surface area (Å²) in [7, 11) is 2.08. The van der Waals surface area contributed by atoms with Gasteiger partial charge in [0.25, 0.3) is 0 Å². The van der Waals surface area contributed by atoms with Crippen molar-refractivity contribution in [3.05, 3.63) is 47.5 Å². The van der Waals surface area contributed by atoms with E-state index in [1.807, 2.05) is 37.4 Å². The van der Waals surface area contributed by atoms with Crippen molar-refractivity contribution >= 4 is 29.0 Å². The molecule has 6 nitrogen and oxygen atoms in total. The number of hydrogen-bond acceptors (Lipinski definition) is 4. The van der Waals surface area contributed by atoms with Gasteiger partial charge in [0.15, 0.2) is 11.0 Å². The minimum Gasteiger partial charge on any atom is -0.308 e. The van der Waals surface area contributed by atoms with E-state index in [0.29, 0.717) is 16.6 Å². The maximum atomic E-state index is 12.6. The molecule has 0 atom stereocenters. The molecule has 0 radical (unpaired) electrons. The van der Waals surface area contributed by atoms with E-state index < -0.39 is 0 Å². The Kier molecular flexibility index (Phi) is 4.85. The lowest BCUT2D eigenvalue weighted by Gasteiger charge is -2.27. The van der Waals surface area contributed by atoms with Crippen LogP contribution in [0.15, 0.2) is 36.7 Å². The van der Waals surface area contributed by atoms with Gasteiger partial charge in [0.05, 0.1) is 0 Å². The van der Waals surface area contributed by atoms with Crippen molar-refractivity contribution < 1.29 is 4.79 Å². The molecule has 1 N–H and O–H groups in total. The van der Waals surface area contributed by atoms with Crippen molar-refractivity contribution in [1.82, 2.24) is 19.3 Å². The SMILES string of the molecule is Cc1cc(-c2ccc3nc(NC(=O)C4CCN(C)CC4)c(Cl)n3c2)ccn1. The molecule has 0 aliphatic carbocycles. The van der Waals surface area contributed by atoms with E-state index in [1.54, 1.807) is 10.6 Å². The molecule has 1 amide bonds. The Morgan fingerprint density at radius 3 is 2.74 bits per heavy atom. The highest BCUT2D eigenvalue weighted by atomic mass is 35.5. The van der Waals surface area contributed by atoms with Crippen molar-refractivity contribution in [3.8, 4) is 11.1 Å². The monoisotopic (exact) mass is 383 g/mol. The molecule has 0 spiro atoms. The third kappa shape index (κ3) is 3.68. The lowest BCUT2D eigenvalue weighted by molar-refractivity contribution is -0.121. The van der Waals surface area contributed by atoms with E-state index >= 15 is 0 Å². The van der Waals surface area contributed by atoms with Gasteiger partial charge in [-0.1, -0.05) is 11.6 Å². The molecule has 3 aromatic heterocycles. The van der Waals surface area contributed by atoms with E-state index in [2.05, 4.69) is 27.2 Å². The average molecular weight is 384 g/mol. The number of piperidine rings is 1. The number of nitrogens with zero attached hydrogens (tertiary/aromatic N) is 4. The van der Waals surface area contributed by atoms with Crippen molar-refractivity contribution in [2.45, 2.75) is 19.8 Å². The summed E-state index contributed by atoms with van der Waals surface area (Å²) in [5.41, 5.74) is 3.73. The third-order valence-electron chi connectivity index (χ3n) is 5.12. The smallest absolute Gasteiger partial charge is 0.228 e. The summed E-state index contributed by atoms with van der Waals surface area (Å²) >= 11 is 6.52. The van der Waals surface area contributed by atoms with Crippen molar-refractivity contribution in [2.24, 2.45) is 5.92 Å². The summed E-state index contributed by atoms with van der Waals surface area (Å²) in [5.74, 6) is 0.430. The van der Waals surface area contributed by atoms with Gasteiger partial charge in [-0.25, -0.2) is 4.98 Å². The molecule has 7 heteroatoms. The van der Waals surface area contributed by atoms with Crippen molar-refractivity contribution in [2.75, 3.05) is 25.5 Å². The van der Waals surface area contributed by atoms with Gasteiger partial charge in [-0.15, -0.1) is 0 Å². The van der Waals surface area contributed by atoms with Gasteiger partial charge in [-0.05, 0) is 75.3 Å². The molecule has 4 rings (SSSR count). The van der Waals surface area contributed by atoms with Crippen molar-refractivity contribution in [3.63, 3.8) is 0 Å². The van der Waals surface area contributed by atoms with Gasteiger partial charge in [0, 0.05) is 24.0 Å². The molecule has 1 aliphatic heterocycles. The number of fused-ring (bicyclic) bond motifs is 1. The second-order valence-corrected chi connectivity index (χ2v) is 7.51. The number of aromatic nitrogens is 3. The predicted molar refractivity (Wildman–Crippen MR) is 107 cm³/mol. The standard InChI is InChI=1S/C20H22ClN5O/c1-13-11-15(5-8-22-13)16-3-4-17-23-19(18(21)26(17)12-16)24-20(27)14-6-9-25(2)10-7-14/h3-5,8,11-12,14H,6-7,9-10H2,1-2H3,(H,24,27). The van der Waals surface area contributed by atoms with Crippen LogP contribution in [0.5, 0.6) is 0 Å². The number of hydrogen-bond donors (Lipinski definition) is 1. The first-order valence-corrected chi connectivity index (χ1v) is 9.49. The van der Waals surface area contributed by atoms with E-state index in [1.165, 1.54) is 0 Å². The van der Waals surface area contributed by atoms with E-state index in [0.717, 1.165) is 42.8 Å². The number of carbonyl (C=O) groups is 1. The Morgan fingerprint density at radius 2 is 2.00 bits per heavy atom. The number of anilines is 1. The largest absolute Gasteiger partial charge is 0.308 e. The van der Waals surface area contributed by atoms with Crippen molar-refractivity contribution in [1.29, 1.82) is 0 Å². The Balaban J connectivity index is 1.59. The number of pyridine rings is 2. The molecule has 140 valence electrons. The molecule has 1 fully saturated rings. The molecular formula is C20H22ClN5O. The van der Waals surface area contributed by atoms with Crippen LogP contribution >= 0.6 is 11.6 Å². The normalized spacial score (nSPS) is 16.0. The number of aryl methyl sites for hydroxylation is 1. The summed E-state index contributed by atoms with van der Waals surface area (Å²) in [6.45, 7) is 3.83. The van der Waals surface area contributed by atoms with Crippen LogP contribution in [-0.4, -0.2) is 45.3 Å². The summed E-state index contributed by atoms with van der Waals surface area (Å²) in [6.07, 6.45) is 5.44. The Bertz CT molecular complexity index is 991. The molecule has 0 aromatic carbocycles. The van der Waals surface area contributed by atoms with Gasteiger partial charge < -0.3 is 10.2 Å². The summed E-state index contributed by atoms with van der Waals surface area (Å²) in [6, 6.07) is 7.88. The Labute approximate surface area is 163 Å². The maximum Gasteiger partial charge on any atom is 0.228 e. The Morgan fingerprint density at radius 1 is 1.22 bits per heavy atom. The highest BCUT2D eigenvalue weighted by Gasteiger charge is 2.25. The van der Waals surface area contributed by atoms with Crippen LogP contribution < -0.4 is 5.32 Å². The molecule has 1 aliphatic rings. The second kappa shape index (κ2) is 7.29. The molecule has 1 saturated heterocycles. The molecule has 4 heterocycles. The molecule has 0 bridgehead atoms. The number of likely N-dealkylation sites (tertiary alicyclic amines) is 1. The lowest BCUT2D eigenvalue weighted by Crippen LogP contribution is -2.36. The number of carbonyl (C=O) groups excluding carboxylic acids is 1. The Hall–Kier alpha value is -2.44. The molecule has 3 aromatic rings. The fourth-order valence-corrected chi connectivity index (χ4v) is 3.71. The maximum absolute atomic E-state index is 12.6. The zero-order valence-electron chi connectivity index (χ0n) is 15.4. The first kappa shape index (κ1) is 17.9. The predicted octanol–water partition coefficient (Wildman–Crippen LogP) is 3.64. The van der Waals surface area contributed by atoms with E-state index in [9.17, 15) is 4.79 Å². The highest BCUT2D eigenvalue weighted by Crippen LogP contribution is 2.28. The first-order chi connectivity index (χ1) is 13.0. The van der Waals surface area contributed by atoms with Crippen LogP contribution in [0.3, 0.4) is 0 Å². The molecule has 0 unspecified atom stereocenters. The minimum atomic E-state index is -0.00149. The second-order valence-electron chi connectivity index (χ2n) is 7.15. The van der Waals surface area contributed by atoms with Gasteiger partial charge in [-0.2, -0.15) is 0 Å². The summed E-state index contributed by atoms with van der Waals surface area (Å²) in [5, 5.41) is 3.34. The molecule has 0 saturated carbocycles. The average Bonchev–Trinajstić information content (AvgIpc) is 2.97. The fraction of sp³-hybridized carbons (Fsp3) is 0.350. The number of imidazole rings is 1. The number of amides is 1. The van der Waals surface area contributed by atoms with Crippen LogP contribution in [0.4, 0.5) is 5.82 Å². The van der Waals surface area contributed by atoms with Gasteiger partial charge >= 0.3 is 0 Å². The van der Waals surface area contributed by atoms with E-state index in [4.69, 9.17) is 11.6 Å². The van der Waals surface area contributed by atoms with Crippen LogP contribution in [0.1, 0.15) is 18.5 Å². The highest BCUT2D eigenvalue weighted by molar-refractivity contribution is 6.32. The van der Waals surface area contributed by atoms with Crippen LogP contribution in [0, 0.1) is 12.8 Å². The van der Waals surface area contributed by atoms with Crippen LogP contribution in [-0.2, 0) is 4.79 Å². The third-order valence-corrected chi connectivity index (χ3v) is 5.48. The summed E-state index contributed by atoms with van der Waals surface area (Å²) < 4.78 is 1.80. The van der Waals surface area contributed by atoms with Crippen LogP contribution in [0.25, 0.3) is 16.8 Å². The van der Waals surface area contributed by atoms with Gasteiger partial charge in [0.2, 0.25) is 5.91 Å². The fourth-order valence-electron chi connectivity index (χ4n) is 3.48. The van der Waals surface area contributed by atoms with Gasteiger partial charge in [0.1, 0.15) is 5.65 Å². The van der Waals surface area contributed by atoms with Gasteiger partial charge in [-0.3, -0.25) is 14.2 Å². The molecular weight excluding hydrogens is 362 g/mol. The van der Waals surface area contributed by atoms with E-state index in [-0.39, 0.29) is 11.8 Å². The molecule has 27 heavy (non-hydrogen) atoms.